The monoisotopic (exact) mass is 472 g/mol. The van der Waals surface area contributed by atoms with Crippen molar-refractivity contribution in [2.75, 3.05) is 40.3 Å². The fourth-order valence-corrected chi connectivity index (χ4v) is 4.59. The molecule has 3 N–H and O–H groups in total. The lowest BCUT2D eigenvalue weighted by atomic mass is 10.0. The second kappa shape index (κ2) is 10.4. The van der Waals surface area contributed by atoms with E-state index in [9.17, 15) is 4.79 Å². The zero-order valence-electron chi connectivity index (χ0n) is 20.3. The molecule has 0 saturated carbocycles. The highest BCUT2D eigenvalue weighted by atomic mass is 16.1. The van der Waals surface area contributed by atoms with Crippen LogP contribution in [-0.2, 0) is 6.54 Å². The number of H-pyrrole nitrogens is 2. The van der Waals surface area contributed by atoms with Gasteiger partial charge >= 0.3 is 0 Å². The van der Waals surface area contributed by atoms with Crippen LogP contribution in [0.2, 0.25) is 0 Å². The van der Waals surface area contributed by atoms with Crippen LogP contribution in [0.4, 0.5) is 0 Å². The number of hydrogen-bond acceptors (Lipinski definition) is 6. The number of nitrogens with one attached hydrogen (secondary N) is 3. The van der Waals surface area contributed by atoms with Gasteiger partial charge in [-0.1, -0.05) is 18.6 Å². The number of aromatic nitrogens is 5. The maximum Gasteiger partial charge on any atom is 0.251 e. The van der Waals surface area contributed by atoms with E-state index in [1.54, 1.807) is 0 Å². The van der Waals surface area contributed by atoms with Crippen molar-refractivity contribution in [3.05, 3.63) is 53.9 Å². The number of rotatable bonds is 8. The molecule has 0 spiro atoms. The van der Waals surface area contributed by atoms with Crippen molar-refractivity contribution in [2.45, 2.75) is 25.8 Å². The van der Waals surface area contributed by atoms with Crippen LogP contribution in [0.15, 0.2) is 42.5 Å². The van der Waals surface area contributed by atoms with E-state index in [1.165, 1.54) is 19.3 Å². The Hall–Kier alpha value is -3.56. The first kappa shape index (κ1) is 23.2. The predicted octanol–water partition coefficient (Wildman–Crippen LogP) is 3.29. The Morgan fingerprint density at radius 3 is 2.71 bits per heavy atom. The molecule has 1 aliphatic rings. The first-order chi connectivity index (χ1) is 17.1. The van der Waals surface area contributed by atoms with Crippen LogP contribution in [-0.4, -0.2) is 81.4 Å². The first-order valence-electron chi connectivity index (χ1n) is 12.2. The molecular formula is C26H32N8O. The summed E-state index contributed by atoms with van der Waals surface area (Å²) in [4.78, 5) is 21.9. The van der Waals surface area contributed by atoms with E-state index in [1.807, 2.05) is 61.5 Å². The quantitative estimate of drug-likeness (QED) is 0.363. The third kappa shape index (κ3) is 5.41. The van der Waals surface area contributed by atoms with Crippen molar-refractivity contribution in [3.8, 4) is 22.6 Å². The van der Waals surface area contributed by atoms with Gasteiger partial charge in [-0.25, -0.2) is 4.98 Å². The number of carbonyl (C=O) groups excluding carboxylic acids is 1. The largest absolute Gasteiger partial charge is 0.351 e. The molecule has 182 valence electrons. The van der Waals surface area contributed by atoms with Gasteiger partial charge in [0.05, 0.1) is 17.8 Å². The molecule has 5 rings (SSSR count). The summed E-state index contributed by atoms with van der Waals surface area (Å²) in [7, 11) is 3.99. The highest BCUT2D eigenvalue weighted by molar-refractivity contribution is 5.98. The second-order valence-corrected chi connectivity index (χ2v) is 9.42. The number of amides is 1. The molecule has 3 heterocycles. The van der Waals surface area contributed by atoms with E-state index < -0.39 is 0 Å². The summed E-state index contributed by atoms with van der Waals surface area (Å²) in [6.07, 6.45) is 3.82. The van der Waals surface area contributed by atoms with E-state index in [4.69, 9.17) is 0 Å². The van der Waals surface area contributed by atoms with E-state index in [2.05, 4.69) is 35.6 Å². The van der Waals surface area contributed by atoms with E-state index in [0.29, 0.717) is 24.5 Å². The third-order valence-electron chi connectivity index (χ3n) is 6.38. The minimum Gasteiger partial charge on any atom is -0.351 e. The summed E-state index contributed by atoms with van der Waals surface area (Å²) in [5, 5.41) is 19.1. The molecule has 0 radical (unpaired) electrons. The van der Waals surface area contributed by atoms with E-state index in [-0.39, 0.29) is 5.91 Å². The Balaban J connectivity index is 1.33. The molecule has 4 aromatic rings. The van der Waals surface area contributed by atoms with Crippen LogP contribution in [0.25, 0.3) is 33.5 Å². The van der Waals surface area contributed by atoms with Gasteiger partial charge in [-0.2, -0.15) is 10.2 Å². The number of hydrogen-bond donors (Lipinski definition) is 3. The van der Waals surface area contributed by atoms with Crippen molar-refractivity contribution >= 4 is 16.8 Å². The lowest BCUT2D eigenvalue weighted by Gasteiger charge is -2.26. The lowest BCUT2D eigenvalue weighted by Crippen LogP contribution is -2.37. The van der Waals surface area contributed by atoms with Crippen LogP contribution < -0.4 is 5.32 Å². The second-order valence-electron chi connectivity index (χ2n) is 9.42. The normalized spacial score (nSPS) is 14.6. The van der Waals surface area contributed by atoms with Crippen LogP contribution in [0.3, 0.4) is 0 Å². The Morgan fingerprint density at radius 2 is 1.89 bits per heavy atom. The molecule has 1 aliphatic heterocycles. The summed E-state index contributed by atoms with van der Waals surface area (Å²) in [6, 6.07) is 13.7. The molecule has 35 heavy (non-hydrogen) atoms. The molecule has 2 aromatic carbocycles. The SMILES string of the molecule is CN(C)Cc1nc(-c2ccc3[nH]nc(-c4cccc(C(=O)NCCN5CCCCC5)c4)c3c2)n[nH]1. The highest BCUT2D eigenvalue weighted by Crippen LogP contribution is 2.30. The Kier molecular flexibility index (Phi) is 6.87. The van der Waals surface area contributed by atoms with Gasteiger partial charge in [0.1, 0.15) is 5.82 Å². The fourth-order valence-electron chi connectivity index (χ4n) is 4.59. The number of benzene rings is 2. The van der Waals surface area contributed by atoms with Crippen molar-refractivity contribution in [1.29, 1.82) is 0 Å². The van der Waals surface area contributed by atoms with Gasteiger partial charge in [-0.05, 0) is 70.4 Å². The highest BCUT2D eigenvalue weighted by Gasteiger charge is 2.15. The molecule has 0 aliphatic carbocycles. The van der Waals surface area contributed by atoms with Gasteiger partial charge in [0.25, 0.3) is 5.91 Å². The zero-order valence-corrected chi connectivity index (χ0v) is 20.3. The molecule has 0 bridgehead atoms. The number of likely N-dealkylation sites (tertiary alicyclic amines) is 1. The lowest BCUT2D eigenvalue weighted by molar-refractivity contribution is 0.0946. The fraction of sp³-hybridized carbons (Fsp3) is 0.385. The van der Waals surface area contributed by atoms with Crippen LogP contribution >= 0.6 is 0 Å². The molecule has 0 unspecified atom stereocenters. The Morgan fingerprint density at radius 1 is 1.03 bits per heavy atom. The molecular weight excluding hydrogens is 440 g/mol. The molecule has 9 heteroatoms. The number of nitrogens with zero attached hydrogens (tertiary/aromatic N) is 5. The predicted molar refractivity (Wildman–Crippen MR) is 137 cm³/mol. The van der Waals surface area contributed by atoms with Crippen LogP contribution in [0.1, 0.15) is 35.4 Å². The van der Waals surface area contributed by atoms with Crippen LogP contribution in [0.5, 0.6) is 0 Å². The topological polar surface area (TPSA) is 106 Å². The van der Waals surface area contributed by atoms with Gasteiger partial charge in [0.15, 0.2) is 5.82 Å². The standard InChI is InChI=1S/C26H32N8O/c1-33(2)17-23-28-25(32-30-23)19-9-10-22-21(16-19)24(31-29-22)18-7-6-8-20(15-18)26(35)27-11-14-34-12-4-3-5-13-34/h6-10,15-16H,3-5,11-14,17H2,1-2H3,(H,27,35)(H,29,31)(H,28,30,32). The molecule has 0 atom stereocenters. The van der Waals surface area contributed by atoms with E-state index in [0.717, 1.165) is 53.2 Å². The molecule has 1 fully saturated rings. The maximum absolute atomic E-state index is 12.8. The Bertz CT molecular complexity index is 1300. The van der Waals surface area contributed by atoms with E-state index >= 15 is 0 Å². The third-order valence-corrected chi connectivity index (χ3v) is 6.38. The zero-order chi connectivity index (χ0) is 24.2. The van der Waals surface area contributed by atoms with Crippen molar-refractivity contribution < 1.29 is 4.79 Å². The Labute approximate surface area is 204 Å². The van der Waals surface area contributed by atoms with Crippen molar-refractivity contribution in [2.24, 2.45) is 0 Å². The average molecular weight is 473 g/mol. The summed E-state index contributed by atoms with van der Waals surface area (Å²) < 4.78 is 0. The summed E-state index contributed by atoms with van der Waals surface area (Å²) >= 11 is 0. The van der Waals surface area contributed by atoms with Crippen LogP contribution in [0, 0.1) is 0 Å². The number of fused-ring (bicyclic) bond motifs is 1. The minimum atomic E-state index is -0.0569. The minimum absolute atomic E-state index is 0.0569. The number of aromatic amines is 2. The maximum atomic E-state index is 12.8. The first-order valence-corrected chi connectivity index (χ1v) is 12.2. The summed E-state index contributed by atoms with van der Waals surface area (Å²) in [5.41, 5.74) is 4.15. The molecule has 2 aromatic heterocycles. The van der Waals surface area contributed by atoms with Gasteiger partial charge in [0, 0.05) is 35.2 Å². The number of carbonyl (C=O) groups is 1. The summed E-state index contributed by atoms with van der Waals surface area (Å²) in [5.74, 6) is 1.41. The average Bonchev–Trinajstić information content (AvgIpc) is 3.51. The van der Waals surface area contributed by atoms with Crippen molar-refractivity contribution in [1.82, 2.24) is 40.5 Å². The van der Waals surface area contributed by atoms with Crippen molar-refractivity contribution in [3.63, 3.8) is 0 Å². The molecule has 9 nitrogen and oxygen atoms in total. The smallest absolute Gasteiger partial charge is 0.251 e. The summed E-state index contributed by atoms with van der Waals surface area (Å²) in [6.45, 7) is 4.51. The van der Waals surface area contributed by atoms with Gasteiger partial charge in [-0.3, -0.25) is 15.0 Å². The van der Waals surface area contributed by atoms with Gasteiger partial charge in [0.2, 0.25) is 0 Å². The molecule has 1 amide bonds. The number of piperidine rings is 1. The molecule has 1 saturated heterocycles. The van der Waals surface area contributed by atoms with Gasteiger partial charge in [-0.15, -0.1) is 0 Å². The van der Waals surface area contributed by atoms with Gasteiger partial charge < -0.3 is 15.1 Å².